The smallest absolute Gasteiger partial charge is 0.229 e. The van der Waals surface area contributed by atoms with Crippen LogP contribution in [0.5, 0.6) is 0 Å². The Hall–Kier alpha value is -3.00. The van der Waals surface area contributed by atoms with E-state index in [2.05, 4.69) is 25.2 Å². The minimum absolute atomic E-state index is 0.155. The minimum Gasteiger partial charge on any atom is -0.339 e. The zero-order valence-corrected chi connectivity index (χ0v) is 14.8. The highest BCUT2D eigenvalue weighted by atomic mass is 35.5. The summed E-state index contributed by atoms with van der Waals surface area (Å²) in [7, 11) is 0. The van der Waals surface area contributed by atoms with Crippen LogP contribution in [0, 0.1) is 0 Å². The molecule has 3 aromatic heterocycles. The highest BCUT2D eigenvalue weighted by Crippen LogP contribution is 2.34. The average Bonchev–Trinajstić information content (AvgIpc) is 3.33. The standard InChI is InChI=1S/C17H14ClN7O/c1-9(2)17-22-15(23-26-17)14-13-6-25-16(19-7-21-25)11-5-10(18)3-4-12(11)24(13)8-20-14/h3-5,7-9H,6H2,1-2H3. The highest BCUT2D eigenvalue weighted by molar-refractivity contribution is 6.31. The second-order valence-electron chi connectivity index (χ2n) is 6.42. The molecule has 0 saturated heterocycles. The number of aromatic nitrogens is 7. The van der Waals surface area contributed by atoms with Gasteiger partial charge >= 0.3 is 0 Å². The number of hydrogen-bond acceptors (Lipinski definition) is 6. The third kappa shape index (κ3) is 2.19. The Morgan fingerprint density at radius 2 is 2.12 bits per heavy atom. The molecular formula is C17H14ClN7O. The summed E-state index contributed by atoms with van der Waals surface area (Å²) in [4.78, 5) is 13.4. The van der Waals surface area contributed by atoms with Crippen LogP contribution in [0.3, 0.4) is 0 Å². The Morgan fingerprint density at radius 3 is 2.92 bits per heavy atom. The van der Waals surface area contributed by atoms with Crippen LogP contribution in [-0.4, -0.2) is 34.5 Å². The normalized spacial score (nSPS) is 12.6. The molecule has 1 aliphatic heterocycles. The van der Waals surface area contributed by atoms with Gasteiger partial charge in [-0.25, -0.2) is 14.6 Å². The number of rotatable bonds is 2. The van der Waals surface area contributed by atoms with E-state index in [9.17, 15) is 0 Å². The molecule has 0 atom stereocenters. The molecule has 0 aliphatic carbocycles. The largest absolute Gasteiger partial charge is 0.339 e. The van der Waals surface area contributed by atoms with E-state index >= 15 is 0 Å². The maximum Gasteiger partial charge on any atom is 0.229 e. The first-order valence-corrected chi connectivity index (χ1v) is 8.58. The Bertz CT molecular complexity index is 1120. The van der Waals surface area contributed by atoms with Crippen molar-refractivity contribution in [2.75, 3.05) is 0 Å². The molecule has 0 saturated carbocycles. The zero-order valence-electron chi connectivity index (χ0n) is 14.1. The first-order valence-electron chi connectivity index (χ1n) is 8.20. The average molecular weight is 368 g/mol. The van der Waals surface area contributed by atoms with Gasteiger partial charge in [0, 0.05) is 16.5 Å². The second-order valence-corrected chi connectivity index (χ2v) is 6.86. The molecule has 0 radical (unpaired) electrons. The lowest BCUT2D eigenvalue weighted by Gasteiger charge is -2.08. The van der Waals surface area contributed by atoms with Crippen LogP contribution in [0.15, 0.2) is 35.4 Å². The summed E-state index contributed by atoms with van der Waals surface area (Å²) in [5.41, 5.74) is 3.41. The van der Waals surface area contributed by atoms with Gasteiger partial charge in [0.25, 0.3) is 0 Å². The zero-order chi connectivity index (χ0) is 17.8. The summed E-state index contributed by atoms with van der Waals surface area (Å²) < 4.78 is 9.17. The van der Waals surface area contributed by atoms with Gasteiger partial charge in [-0.05, 0) is 18.2 Å². The Kier molecular flexibility index (Phi) is 3.23. The van der Waals surface area contributed by atoms with Crippen molar-refractivity contribution in [3.05, 3.63) is 47.5 Å². The van der Waals surface area contributed by atoms with Gasteiger partial charge in [-0.15, -0.1) is 0 Å². The molecule has 0 N–H and O–H groups in total. The number of fused-ring (bicyclic) bond motifs is 5. The molecule has 8 nitrogen and oxygen atoms in total. The van der Waals surface area contributed by atoms with Crippen molar-refractivity contribution >= 4 is 11.6 Å². The summed E-state index contributed by atoms with van der Waals surface area (Å²) in [5.74, 6) is 1.97. The van der Waals surface area contributed by atoms with Crippen LogP contribution < -0.4 is 0 Å². The fourth-order valence-electron chi connectivity index (χ4n) is 3.11. The van der Waals surface area contributed by atoms with Gasteiger partial charge in [0.05, 0.1) is 17.9 Å². The molecule has 0 unspecified atom stereocenters. The molecular weight excluding hydrogens is 354 g/mol. The summed E-state index contributed by atoms with van der Waals surface area (Å²) in [6.45, 7) is 4.50. The summed E-state index contributed by atoms with van der Waals surface area (Å²) in [6.07, 6.45) is 3.30. The Morgan fingerprint density at radius 1 is 1.23 bits per heavy atom. The van der Waals surface area contributed by atoms with Crippen LogP contribution in [0.2, 0.25) is 5.02 Å². The van der Waals surface area contributed by atoms with E-state index < -0.39 is 0 Å². The van der Waals surface area contributed by atoms with Crippen LogP contribution in [0.4, 0.5) is 0 Å². The van der Waals surface area contributed by atoms with Gasteiger partial charge in [0.15, 0.2) is 5.82 Å². The predicted octanol–water partition coefficient (Wildman–Crippen LogP) is 3.32. The van der Waals surface area contributed by atoms with Crippen molar-refractivity contribution in [3.8, 4) is 28.6 Å². The third-order valence-electron chi connectivity index (χ3n) is 4.39. The van der Waals surface area contributed by atoms with E-state index in [1.165, 1.54) is 6.33 Å². The van der Waals surface area contributed by atoms with E-state index in [4.69, 9.17) is 16.1 Å². The number of imidazole rings is 1. The maximum absolute atomic E-state index is 6.21. The molecule has 9 heteroatoms. The van der Waals surface area contributed by atoms with Gasteiger partial charge in [-0.1, -0.05) is 30.6 Å². The molecule has 130 valence electrons. The molecule has 4 aromatic rings. The molecule has 0 amide bonds. The van der Waals surface area contributed by atoms with Crippen molar-refractivity contribution in [3.63, 3.8) is 0 Å². The van der Waals surface area contributed by atoms with E-state index in [0.717, 1.165) is 22.8 Å². The highest BCUT2D eigenvalue weighted by Gasteiger charge is 2.26. The van der Waals surface area contributed by atoms with Crippen molar-refractivity contribution in [2.24, 2.45) is 0 Å². The van der Waals surface area contributed by atoms with Gasteiger partial charge in [0.2, 0.25) is 11.7 Å². The molecule has 0 fully saturated rings. The first kappa shape index (κ1) is 15.3. The lowest BCUT2D eigenvalue weighted by molar-refractivity contribution is 0.365. The molecule has 5 rings (SSSR count). The van der Waals surface area contributed by atoms with Crippen molar-refractivity contribution in [2.45, 2.75) is 26.3 Å². The molecule has 1 aromatic carbocycles. The molecule has 4 heterocycles. The van der Waals surface area contributed by atoms with Crippen LogP contribution in [0.25, 0.3) is 28.6 Å². The summed E-state index contributed by atoms with van der Waals surface area (Å²) in [5, 5.41) is 9.09. The fraction of sp³-hybridized carbons (Fsp3) is 0.235. The van der Waals surface area contributed by atoms with Crippen LogP contribution in [-0.2, 0) is 6.54 Å². The topological polar surface area (TPSA) is 87.5 Å². The van der Waals surface area contributed by atoms with E-state index in [1.54, 1.807) is 6.33 Å². The van der Waals surface area contributed by atoms with Crippen LogP contribution >= 0.6 is 11.6 Å². The van der Waals surface area contributed by atoms with Gasteiger partial charge in [0.1, 0.15) is 18.3 Å². The van der Waals surface area contributed by atoms with Gasteiger partial charge in [-0.3, -0.25) is 4.57 Å². The minimum atomic E-state index is 0.155. The Balaban J connectivity index is 1.74. The summed E-state index contributed by atoms with van der Waals surface area (Å²) in [6, 6.07) is 5.69. The van der Waals surface area contributed by atoms with Crippen molar-refractivity contribution < 1.29 is 4.52 Å². The lowest BCUT2D eigenvalue weighted by Crippen LogP contribution is -2.06. The molecule has 0 spiro atoms. The molecule has 26 heavy (non-hydrogen) atoms. The van der Waals surface area contributed by atoms with E-state index in [-0.39, 0.29) is 5.92 Å². The van der Waals surface area contributed by atoms with Crippen molar-refractivity contribution in [1.82, 2.24) is 34.5 Å². The second kappa shape index (κ2) is 5.50. The molecule has 0 bridgehead atoms. The quantitative estimate of drug-likeness (QED) is 0.475. The maximum atomic E-state index is 6.21. The predicted molar refractivity (Wildman–Crippen MR) is 94.1 cm³/mol. The third-order valence-corrected chi connectivity index (χ3v) is 4.62. The van der Waals surface area contributed by atoms with Gasteiger partial charge < -0.3 is 4.52 Å². The monoisotopic (exact) mass is 367 g/mol. The molecule has 1 aliphatic rings. The van der Waals surface area contributed by atoms with E-state index in [1.807, 2.05) is 41.3 Å². The first-order chi connectivity index (χ1) is 12.6. The number of halogens is 1. The Labute approximate surface area is 153 Å². The SMILES string of the molecule is CC(C)c1nc(-c2ncn3c2Cn2ncnc2-c2cc(Cl)ccc2-3)no1. The number of nitrogens with zero attached hydrogens (tertiary/aromatic N) is 7. The lowest BCUT2D eigenvalue weighted by atomic mass is 10.1. The summed E-state index contributed by atoms with van der Waals surface area (Å²) >= 11 is 6.21. The van der Waals surface area contributed by atoms with Crippen molar-refractivity contribution in [1.29, 1.82) is 0 Å². The van der Waals surface area contributed by atoms with Crippen LogP contribution in [0.1, 0.15) is 31.4 Å². The number of hydrogen-bond donors (Lipinski definition) is 0. The number of benzene rings is 1. The van der Waals surface area contributed by atoms with E-state index in [0.29, 0.717) is 29.0 Å². The van der Waals surface area contributed by atoms with Gasteiger partial charge in [-0.2, -0.15) is 10.1 Å². The fourth-order valence-corrected chi connectivity index (χ4v) is 3.28.